The highest BCUT2D eigenvalue weighted by Gasteiger charge is 2.18. The second-order valence-corrected chi connectivity index (χ2v) is 4.91. The molecule has 1 aromatic heterocycles. The molecule has 0 radical (unpaired) electrons. The van der Waals surface area contributed by atoms with Crippen LogP contribution in [0.3, 0.4) is 0 Å². The summed E-state index contributed by atoms with van der Waals surface area (Å²) in [5, 5.41) is 13.8. The van der Waals surface area contributed by atoms with Crippen LogP contribution < -0.4 is 11.1 Å². The molecular formula is C11H9ClFN3O2S. The van der Waals surface area contributed by atoms with Crippen LogP contribution in [0.15, 0.2) is 23.6 Å². The zero-order valence-corrected chi connectivity index (χ0v) is 11.0. The maximum absolute atomic E-state index is 13.1. The Morgan fingerprint density at radius 2 is 2.32 bits per heavy atom. The second-order valence-electron chi connectivity index (χ2n) is 3.64. The molecule has 0 bridgehead atoms. The average Bonchev–Trinajstić information content (AvgIpc) is 2.81. The Balaban J connectivity index is 2.20. The molecule has 2 aromatic rings. The van der Waals surface area contributed by atoms with Crippen LogP contribution in [0.4, 0.5) is 15.2 Å². The average molecular weight is 302 g/mol. The number of benzene rings is 1. The number of anilines is 2. The molecule has 5 nitrogen and oxygen atoms in total. The van der Waals surface area contributed by atoms with Crippen molar-refractivity contribution in [2.75, 3.05) is 5.32 Å². The third-order valence-electron chi connectivity index (χ3n) is 2.28. The molecule has 1 atom stereocenters. The van der Waals surface area contributed by atoms with Crippen LogP contribution in [-0.2, 0) is 4.79 Å². The van der Waals surface area contributed by atoms with Crippen LogP contribution >= 0.6 is 22.9 Å². The summed E-state index contributed by atoms with van der Waals surface area (Å²) in [5.41, 5.74) is 6.01. The third-order valence-corrected chi connectivity index (χ3v) is 3.38. The molecule has 0 saturated carbocycles. The largest absolute Gasteiger partial charge is 0.480 e. The van der Waals surface area contributed by atoms with Crippen LogP contribution in [0, 0.1) is 5.82 Å². The molecule has 0 aliphatic carbocycles. The lowest BCUT2D eigenvalue weighted by Gasteiger charge is -2.05. The molecule has 0 saturated heterocycles. The highest BCUT2D eigenvalue weighted by atomic mass is 35.5. The van der Waals surface area contributed by atoms with E-state index in [2.05, 4.69) is 10.3 Å². The molecule has 100 valence electrons. The van der Waals surface area contributed by atoms with Gasteiger partial charge in [0.05, 0.1) is 16.4 Å². The number of halogens is 2. The SMILES string of the molecule is NC(C(=O)O)c1csc(Nc2cc(F)ccc2Cl)n1. The molecule has 2 rings (SSSR count). The van der Waals surface area contributed by atoms with E-state index in [-0.39, 0.29) is 5.69 Å². The van der Waals surface area contributed by atoms with Crippen LogP contribution in [0.5, 0.6) is 0 Å². The van der Waals surface area contributed by atoms with E-state index in [4.69, 9.17) is 22.4 Å². The second kappa shape index (κ2) is 5.52. The molecule has 4 N–H and O–H groups in total. The van der Waals surface area contributed by atoms with E-state index in [1.807, 2.05) is 0 Å². The lowest BCUT2D eigenvalue weighted by Crippen LogP contribution is -2.20. The quantitative estimate of drug-likeness (QED) is 0.808. The number of hydrogen-bond acceptors (Lipinski definition) is 5. The summed E-state index contributed by atoms with van der Waals surface area (Å²) >= 11 is 7.05. The molecule has 0 aliphatic heterocycles. The monoisotopic (exact) mass is 301 g/mol. The van der Waals surface area contributed by atoms with Crippen molar-refractivity contribution in [1.82, 2.24) is 4.98 Å². The molecule has 0 amide bonds. The van der Waals surface area contributed by atoms with E-state index in [1.54, 1.807) is 0 Å². The topological polar surface area (TPSA) is 88.2 Å². The van der Waals surface area contributed by atoms with Gasteiger partial charge in [0.1, 0.15) is 11.9 Å². The standard InChI is InChI=1S/C11H9ClFN3O2S/c12-6-2-1-5(13)3-7(6)15-11-16-8(4-19-11)9(14)10(17)18/h1-4,9H,14H2,(H,15,16)(H,17,18). The summed E-state index contributed by atoms with van der Waals surface area (Å²) in [4.78, 5) is 14.7. The van der Waals surface area contributed by atoms with Gasteiger partial charge in [-0.05, 0) is 18.2 Å². The van der Waals surface area contributed by atoms with Crippen molar-refractivity contribution in [2.45, 2.75) is 6.04 Å². The summed E-state index contributed by atoms with van der Waals surface area (Å²) in [6, 6.07) is 2.69. The lowest BCUT2D eigenvalue weighted by molar-refractivity contribution is -0.138. The first-order valence-corrected chi connectivity index (χ1v) is 6.39. The van der Waals surface area contributed by atoms with Crippen molar-refractivity contribution in [1.29, 1.82) is 0 Å². The number of thiazole rings is 1. The summed E-state index contributed by atoms with van der Waals surface area (Å²) in [6.45, 7) is 0. The minimum atomic E-state index is -1.19. The Bertz CT molecular complexity index is 620. The molecule has 8 heteroatoms. The molecule has 0 aliphatic rings. The van der Waals surface area contributed by atoms with Crippen molar-refractivity contribution in [3.8, 4) is 0 Å². The van der Waals surface area contributed by atoms with E-state index in [0.717, 1.165) is 11.3 Å². The highest BCUT2D eigenvalue weighted by Crippen LogP contribution is 2.28. The molecule has 1 unspecified atom stereocenters. The lowest BCUT2D eigenvalue weighted by atomic mass is 10.2. The Kier molecular flexibility index (Phi) is 3.98. The zero-order valence-electron chi connectivity index (χ0n) is 9.43. The van der Waals surface area contributed by atoms with Crippen molar-refractivity contribution in [3.63, 3.8) is 0 Å². The number of aliphatic carboxylic acids is 1. The number of carboxylic acid groups (broad SMARTS) is 1. The summed E-state index contributed by atoms with van der Waals surface area (Å²) in [5.74, 6) is -1.61. The summed E-state index contributed by atoms with van der Waals surface area (Å²) in [7, 11) is 0. The molecule has 1 aromatic carbocycles. The number of carboxylic acids is 1. The van der Waals surface area contributed by atoms with Crippen LogP contribution in [0.2, 0.25) is 5.02 Å². The first-order chi connectivity index (χ1) is 8.97. The van der Waals surface area contributed by atoms with E-state index in [9.17, 15) is 9.18 Å². The van der Waals surface area contributed by atoms with Crippen LogP contribution in [-0.4, -0.2) is 16.1 Å². The number of nitrogens with one attached hydrogen (secondary N) is 1. The summed E-state index contributed by atoms with van der Waals surface area (Å²) in [6.07, 6.45) is 0. The van der Waals surface area contributed by atoms with E-state index in [1.165, 1.54) is 23.6 Å². The van der Waals surface area contributed by atoms with Gasteiger partial charge in [-0.2, -0.15) is 0 Å². The third kappa shape index (κ3) is 3.19. The number of hydrogen-bond donors (Lipinski definition) is 3. The predicted octanol–water partition coefficient (Wildman–Crippen LogP) is 2.76. The Hall–Kier alpha value is -1.70. The first-order valence-electron chi connectivity index (χ1n) is 5.13. The van der Waals surface area contributed by atoms with Gasteiger partial charge in [0.25, 0.3) is 0 Å². The van der Waals surface area contributed by atoms with Gasteiger partial charge < -0.3 is 16.2 Å². The number of nitrogens with zero attached hydrogens (tertiary/aromatic N) is 1. The van der Waals surface area contributed by atoms with Crippen molar-refractivity contribution < 1.29 is 14.3 Å². The number of rotatable bonds is 4. The Morgan fingerprint density at radius 3 is 3.00 bits per heavy atom. The molecule has 1 heterocycles. The van der Waals surface area contributed by atoms with Gasteiger partial charge >= 0.3 is 5.97 Å². The minimum absolute atomic E-state index is 0.229. The molecule has 0 fully saturated rings. The van der Waals surface area contributed by atoms with Crippen molar-refractivity contribution in [2.24, 2.45) is 5.73 Å². The highest BCUT2D eigenvalue weighted by molar-refractivity contribution is 7.13. The number of aromatic nitrogens is 1. The fraction of sp³-hybridized carbons (Fsp3) is 0.0909. The predicted molar refractivity (Wildman–Crippen MR) is 71.4 cm³/mol. The van der Waals surface area contributed by atoms with Crippen molar-refractivity contribution in [3.05, 3.63) is 40.1 Å². The fourth-order valence-electron chi connectivity index (χ4n) is 1.32. The molecular weight excluding hydrogens is 293 g/mol. The maximum atomic E-state index is 13.1. The van der Waals surface area contributed by atoms with Gasteiger partial charge in [0, 0.05) is 5.38 Å². The summed E-state index contributed by atoms with van der Waals surface area (Å²) < 4.78 is 13.1. The van der Waals surface area contributed by atoms with E-state index in [0.29, 0.717) is 15.8 Å². The number of nitrogens with two attached hydrogens (primary N) is 1. The van der Waals surface area contributed by atoms with Gasteiger partial charge in [0.15, 0.2) is 5.13 Å². The zero-order chi connectivity index (χ0) is 14.0. The Labute approximate surface area is 116 Å². The van der Waals surface area contributed by atoms with E-state index >= 15 is 0 Å². The van der Waals surface area contributed by atoms with Crippen molar-refractivity contribution >= 4 is 39.7 Å². The maximum Gasteiger partial charge on any atom is 0.326 e. The molecule has 19 heavy (non-hydrogen) atoms. The fourth-order valence-corrected chi connectivity index (χ4v) is 2.24. The van der Waals surface area contributed by atoms with Gasteiger partial charge in [-0.3, -0.25) is 4.79 Å². The smallest absolute Gasteiger partial charge is 0.326 e. The van der Waals surface area contributed by atoms with Crippen LogP contribution in [0.25, 0.3) is 0 Å². The van der Waals surface area contributed by atoms with Gasteiger partial charge in [-0.25, -0.2) is 9.37 Å². The minimum Gasteiger partial charge on any atom is -0.480 e. The Morgan fingerprint density at radius 1 is 1.58 bits per heavy atom. The van der Waals surface area contributed by atoms with Gasteiger partial charge in [-0.1, -0.05) is 11.6 Å². The normalized spacial score (nSPS) is 12.2. The first kappa shape index (κ1) is 13.7. The van der Waals surface area contributed by atoms with Crippen LogP contribution in [0.1, 0.15) is 11.7 Å². The van der Waals surface area contributed by atoms with Gasteiger partial charge in [0.2, 0.25) is 0 Å². The number of carbonyl (C=O) groups is 1. The molecule has 0 spiro atoms. The van der Waals surface area contributed by atoms with Gasteiger partial charge in [-0.15, -0.1) is 11.3 Å². The van der Waals surface area contributed by atoms with E-state index < -0.39 is 17.8 Å².